The topological polar surface area (TPSA) is 99.3 Å². The van der Waals surface area contributed by atoms with Gasteiger partial charge in [-0.05, 0) is 50.5 Å². The fourth-order valence-corrected chi connectivity index (χ4v) is 2.78. The molecule has 0 aliphatic rings. The lowest BCUT2D eigenvalue weighted by Crippen LogP contribution is -2.16. The third-order valence-corrected chi connectivity index (χ3v) is 3.96. The predicted molar refractivity (Wildman–Crippen MR) is 91.0 cm³/mol. The molecule has 1 heterocycles. The maximum Gasteiger partial charge on any atom is 0.335 e. The molecule has 1 aromatic carbocycles. The molecule has 1 aromatic heterocycles. The van der Waals surface area contributed by atoms with Crippen molar-refractivity contribution in [2.24, 2.45) is 0 Å². The zero-order valence-electron chi connectivity index (χ0n) is 14.1. The molecule has 0 bridgehead atoms. The van der Waals surface area contributed by atoms with Gasteiger partial charge in [-0.2, -0.15) is 0 Å². The summed E-state index contributed by atoms with van der Waals surface area (Å²) in [7, 11) is 0. The summed E-state index contributed by atoms with van der Waals surface area (Å²) in [6.45, 7) is 6.88. The molecule has 3 N–H and O–H groups in total. The van der Waals surface area contributed by atoms with E-state index >= 15 is 0 Å². The van der Waals surface area contributed by atoms with Crippen LogP contribution in [0.5, 0.6) is 0 Å². The Morgan fingerprint density at radius 2 is 1.88 bits per heavy atom. The maximum absolute atomic E-state index is 12.6. The van der Waals surface area contributed by atoms with Gasteiger partial charge in [0.15, 0.2) is 5.78 Å². The summed E-state index contributed by atoms with van der Waals surface area (Å²) < 4.78 is 0. The van der Waals surface area contributed by atoms with Crippen molar-refractivity contribution >= 4 is 23.3 Å². The summed E-state index contributed by atoms with van der Waals surface area (Å²) in [6.07, 6.45) is 0.538. The Bertz CT molecular complexity index is 834. The summed E-state index contributed by atoms with van der Waals surface area (Å²) in [5.41, 5.74) is 3.47. The summed E-state index contributed by atoms with van der Waals surface area (Å²) in [5.74, 6) is -1.55. The second-order valence-corrected chi connectivity index (χ2v) is 5.68. The van der Waals surface area contributed by atoms with Gasteiger partial charge in [-0.1, -0.05) is 13.0 Å². The van der Waals surface area contributed by atoms with Crippen molar-refractivity contribution < 1.29 is 19.5 Å². The minimum absolute atomic E-state index is 0.0938. The van der Waals surface area contributed by atoms with E-state index < -0.39 is 11.9 Å². The number of nitrogens with one attached hydrogen (secondary N) is 2. The van der Waals surface area contributed by atoms with Crippen molar-refractivity contribution in [3.05, 3.63) is 51.8 Å². The second kappa shape index (κ2) is 6.70. The minimum atomic E-state index is -1.06. The number of Topliss-reactive ketones (excluding diaryl/α,β-unsaturated/α-hetero) is 1. The first-order valence-corrected chi connectivity index (χ1v) is 7.63. The van der Waals surface area contributed by atoms with Gasteiger partial charge in [0.05, 0.1) is 5.56 Å². The third-order valence-electron chi connectivity index (χ3n) is 3.96. The molecule has 0 atom stereocenters. The molecular formula is C18H20N2O4. The summed E-state index contributed by atoms with van der Waals surface area (Å²) in [4.78, 5) is 38.5. The summed E-state index contributed by atoms with van der Waals surface area (Å²) in [6, 6.07) is 4.54. The first kappa shape index (κ1) is 17.5. The number of aromatic amines is 1. The molecule has 126 valence electrons. The Morgan fingerprint density at radius 3 is 2.42 bits per heavy atom. The number of ketones is 1. The molecule has 24 heavy (non-hydrogen) atoms. The molecular weight excluding hydrogens is 308 g/mol. The summed E-state index contributed by atoms with van der Waals surface area (Å²) >= 11 is 0. The van der Waals surface area contributed by atoms with Crippen molar-refractivity contribution in [2.45, 2.75) is 34.1 Å². The Balaban J connectivity index is 2.41. The normalized spacial score (nSPS) is 10.5. The standard InChI is InChI=1S/C18H20N2O4/c1-5-13-15(11(4)21)10(3)19-16(13)17(22)20-14-8-12(18(23)24)7-6-9(14)2/h6-8,19H,5H2,1-4H3,(H,20,22)(H,23,24). The van der Waals surface area contributed by atoms with E-state index in [4.69, 9.17) is 5.11 Å². The molecule has 0 saturated heterocycles. The van der Waals surface area contributed by atoms with E-state index in [0.29, 0.717) is 34.6 Å². The fourth-order valence-electron chi connectivity index (χ4n) is 2.78. The molecule has 2 aromatic rings. The number of aromatic carboxylic acids is 1. The highest BCUT2D eigenvalue weighted by atomic mass is 16.4. The lowest BCUT2D eigenvalue weighted by atomic mass is 10.0. The lowest BCUT2D eigenvalue weighted by Gasteiger charge is -2.10. The van der Waals surface area contributed by atoms with E-state index in [2.05, 4.69) is 10.3 Å². The van der Waals surface area contributed by atoms with Gasteiger partial charge < -0.3 is 15.4 Å². The van der Waals surface area contributed by atoms with Crippen molar-refractivity contribution in [3.8, 4) is 0 Å². The van der Waals surface area contributed by atoms with Crippen LogP contribution in [0.4, 0.5) is 5.69 Å². The predicted octanol–water partition coefficient (Wildman–Crippen LogP) is 3.35. The van der Waals surface area contributed by atoms with Gasteiger partial charge in [0.2, 0.25) is 0 Å². The van der Waals surface area contributed by atoms with Crippen LogP contribution in [0, 0.1) is 13.8 Å². The van der Waals surface area contributed by atoms with Crippen molar-refractivity contribution in [1.29, 1.82) is 0 Å². The van der Waals surface area contributed by atoms with Crippen LogP contribution in [0.2, 0.25) is 0 Å². The van der Waals surface area contributed by atoms with Crippen LogP contribution in [-0.2, 0) is 6.42 Å². The van der Waals surface area contributed by atoms with Gasteiger partial charge in [0.1, 0.15) is 5.69 Å². The van der Waals surface area contributed by atoms with Gasteiger partial charge in [0.25, 0.3) is 5.91 Å². The zero-order valence-corrected chi connectivity index (χ0v) is 14.1. The second-order valence-electron chi connectivity index (χ2n) is 5.68. The highest BCUT2D eigenvalue weighted by Crippen LogP contribution is 2.23. The van der Waals surface area contributed by atoms with Crippen LogP contribution >= 0.6 is 0 Å². The monoisotopic (exact) mass is 328 g/mol. The SMILES string of the molecule is CCc1c(C(=O)Nc2cc(C(=O)O)ccc2C)[nH]c(C)c1C(C)=O. The highest BCUT2D eigenvalue weighted by molar-refractivity contribution is 6.08. The quantitative estimate of drug-likeness (QED) is 0.733. The molecule has 0 saturated carbocycles. The van der Waals surface area contributed by atoms with E-state index in [9.17, 15) is 14.4 Å². The van der Waals surface area contributed by atoms with Crippen LogP contribution in [0.25, 0.3) is 0 Å². The Morgan fingerprint density at radius 1 is 1.21 bits per heavy atom. The molecule has 0 fully saturated rings. The van der Waals surface area contributed by atoms with Crippen LogP contribution < -0.4 is 5.32 Å². The van der Waals surface area contributed by atoms with Gasteiger partial charge in [-0.25, -0.2) is 4.79 Å². The molecule has 6 heteroatoms. The molecule has 0 spiro atoms. The third kappa shape index (κ3) is 3.22. The van der Waals surface area contributed by atoms with Crippen LogP contribution in [0.3, 0.4) is 0 Å². The molecule has 6 nitrogen and oxygen atoms in total. The van der Waals surface area contributed by atoms with Gasteiger partial charge >= 0.3 is 5.97 Å². The van der Waals surface area contributed by atoms with E-state index in [1.54, 1.807) is 19.9 Å². The van der Waals surface area contributed by atoms with Crippen LogP contribution in [0.15, 0.2) is 18.2 Å². The van der Waals surface area contributed by atoms with Crippen molar-refractivity contribution in [2.75, 3.05) is 5.32 Å². The first-order chi connectivity index (χ1) is 11.3. The maximum atomic E-state index is 12.6. The van der Waals surface area contributed by atoms with E-state index in [1.165, 1.54) is 19.1 Å². The minimum Gasteiger partial charge on any atom is -0.478 e. The Labute approximate surface area is 139 Å². The molecule has 0 unspecified atom stereocenters. The number of aromatic nitrogens is 1. The molecule has 0 aliphatic heterocycles. The Kier molecular flexibility index (Phi) is 4.87. The molecule has 0 aliphatic carbocycles. The molecule has 2 rings (SSSR count). The largest absolute Gasteiger partial charge is 0.478 e. The van der Waals surface area contributed by atoms with Crippen LogP contribution in [-0.4, -0.2) is 27.8 Å². The van der Waals surface area contributed by atoms with Crippen molar-refractivity contribution in [3.63, 3.8) is 0 Å². The number of carboxylic acid groups (broad SMARTS) is 1. The number of carbonyl (C=O) groups excluding carboxylic acids is 2. The summed E-state index contributed by atoms with van der Waals surface area (Å²) in [5, 5.41) is 11.8. The number of anilines is 1. The molecule has 1 amide bonds. The number of aryl methyl sites for hydroxylation is 2. The average Bonchev–Trinajstić information content (AvgIpc) is 2.85. The Hall–Kier alpha value is -2.89. The average molecular weight is 328 g/mol. The van der Waals surface area contributed by atoms with E-state index in [0.717, 1.165) is 5.56 Å². The number of amides is 1. The number of carbonyl (C=O) groups is 3. The van der Waals surface area contributed by atoms with Crippen LogP contribution in [0.1, 0.15) is 61.9 Å². The van der Waals surface area contributed by atoms with Gasteiger partial charge in [0, 0.05) is 16.9 Å². The number of rotatable bonds is 5. The van der Waals surface area contributed by atoms with E-state index in [1.807, 2.05) is 6.92 Å². The number of benzene rings is 1. The number of H-pyrrole nitrogens is 1. The highest BCUT2D eigenvalue weighted by Gasteiger charge is 2.22. The number of hydrogen-bond donors (Lipinski definition) is 3. The van der Waals surface area contributed by atoms with E-state index in [-0.39, 0.29) is 11.3 Å². The lowest BCUT2D eigenvalue weighted by molar-refractivity contribution is 0.0696. The zero-order chi connectivity index (χ0) is 18.0. The molecule has 0 radical (unpaired) electrons. The smallest absolute Gasteiger partial charge is 0.335 e. The van der Waals surface area contributed by atoms with Gasteiger partial charge in [-0.15, -0.1) is 0 Å². The number of carboxylic acids is 1. The first-order valence-electron chi connectivity index (χ1n) is 7.63. The number of hydrogen-bond acceptors (Lipinski definition) is 3. The fraction of sp³-hybridized carbons (Fsp3) is 0.278. The van der Waals surface area contributed by atoms with Crippen molar-refractivity contribution in [1.82, 2.24) is 4.98 Å². The van der Waals surface area contributed by atoms with Gasteiger partial charge in [-0.3, -0.25) is 9.59 Å².